The molecule has 3 aliphatic rings. The maximum Gasteiger partial charge on any atom is 2.00 e. The summed E-state index contributed by atoms with van der Waals surface area (Å²) in [5.41, 5.74) is 9.25. The number of benzene rings is 2. The van der Waals surface area contributed by atoms with Crippen molar-refractivity contribution in [2.45, 2.75) is 25.2 Å². The van der Waals surface area contributed by atoms with Gasteiger partial charge in [-0.25, -0.2) is 0 Å². The van der Waals surface area contributed by atoms with Gasteiger partial charge in [0.1, 0.15) is 0 Å². The van der Waals surface area contributed by atoms with Gasteiger partial charge in [-0.2, -0.15) is 0 Å². The molecule has 120 valence electrons. The predicted octanol–water partition coefficient (Wildman–Crippen LogP) is -0.747. The van der Waals surface area contributed by atoms with Crippen LogP contribution in [-0.2, 0) is 32.6 Å². The summed E-state index contributed by atoms with van der Waals surface area (Å²) in [5.74, 6) is 1.36. The van der Waals surface area contributed by atoms with Gasteiger partial charge in [-0.1, -0.05) is 66.3 Å². The van der Waals surface area contributed by atoms with E-state index < -0.39 is 0 Å². The van der Waals surface area contributed by atoms with E-state index >= 15 is 0 Å². The van der Waals surface area contributed by atoms with Crippen molar-refractivity contribution in [3.05, 3.63) is 83.0 Å². The number of allylic oxidation sites excluding steroid dienone is 4. The van der Waals surface area contributed by atoms with Gasteiger partial charge in [-0.3, -0.25) is 0 Å². The molecule has 0 bridgehead atoms. The molecule has 0 saturated heterocycles. The molecule has 1 saturated carbocycles. The molecular formula is C21H18Cl2Zr. The van der Waals surface area contributed by atoms with Gasteiger partial charge in [0.05, 0.1) is 0 Å². The predicted molar refractivity (Wildman–Crippen MR) is 87.4 cm³/mol. The molecule has 0 heterocycles. The minimum Gasteiger partial charge on any atom is -1.00 e. The smallest absolute Gasteiger partial charge is 1.00 e. The Morgan fingerprint density at radius 1 is 0.875 bits per heavy atom. The molecule has 2 aromatic rings. The number of hydrogen-bond donors (Lipinski definition) is 0. The van der Waals surface area contributed by atoms with E-state index in [4.69, 9.17) is 0 Å². The SMILES string of the molecule is C1=CC2C(=C1)CCC2c1cccc2c1Cc1ccccc1-2.[Cl-].[Cl-].[Zr+2]. The quantitative estimate of drug-likeness (QED) is 0.475. The van der Waals surface area contributed by atoms with Crippen LogP contribution in [0.4, 0.5) is 0 Å². The largest absolute Gasteiger partial charge is 2.00 e. The molecule has 1 fully saturated rings. The van der Waals surface area contributed by atoms with Gasteiger partial charge in [0.15, 0.2) is 0 Å². The first-order valence-corrected chi connectivity index (χ1v) is 7.99. The molecule has 24 heavy (non-hydrogen) atoms. The summed E-state index contributed by atoms with van der Waals surface area (Å²) >= 11 is 0. The van der Waals surface area contributed by atoms with Gasteiger partial charge in [0, 0.05) is 5.92 Å². The Labute approximate surface area is 175 Å². The molecule has 0 aliphatic heterocycles. The van der Waals surface area contributed by atoms with Gasteiger partial charge in [0.25, 0.3) is 0 Å². The molecule has 2 atom stereocenters. The van der Waals surface area contributed by atoms with E-state index in [-0.39, 0.29) is 51.0 Å². The summed E-state index contributed by atoms with van der Waals surface area (Å²) in [7, 11) is 0. The maximum atomic E-state index is 2.41. The average molecular weight is 433 g/mol. The number of halogens is 2. The van der Waals surface area contributed by atoms with Gasteiger partial charge in [0.2, 0.25) is 0 Å². The van der Waals surface area contributed by atoms with Crippen molar-refractivity contribution in [2.24, 2.45) is 5.92 Å². The molecule has 0 nitrogen and oxygen atoms in total. The fourth-order valence-electron chi connectivity index (χ4n) is 4.56. The van der Waals surface area contributed by atoms with Crippen LogP contribution in [0, 0.1) is 5.92 Å². The molecule has 0 spiro atoms. The van der Waals surface area contributed by atoms with E-state index in [0.29, 0.717) is 11.8 Å². The molecule has 0 N–H and O–H groups in total. The fourth-order valence-corrected chi connectivity index (χ4v) is 4.56. The third kappa shape index (κ3) is 2.90. The van der Waals surface area contributed by atoms with E-state index in [9.17, 15) is 0 Å². The van der Waals surface area contributed by atoms with Crippen LogP contribution in [0.5, 0.6) is 0 Å². The van der Waals surface area contributed by atoms with Crippen LogP contribution in [0.1, 0.15) is 35.4 Å². The summed E-state index contributed by atoms with van der Waals surface area (Å²) in [6.07, 6.45) is 10.7. The van der Waals surface area contributed by atoms with Crippen LogP contribution >= 0.6 is 0 Å². The van der Waals surface area contributed by atoms with Crippen LogP contribution in [0.3, 0.4) is 0 Å². The summed E-state index contributed by atoms with van der Waals surface area (Å²) in [4.78, 5) is 0. The maximum absolute atomic E-state index is 2.41. The number of fused-ring (bicyclic) bond motifs is 4. The standard InChI is InChI=1S/C21H18.2ClH.Zr/c1-2-7-17-15(5-1)13-21-18(17)9-4-10-19(21)20-12-11-14-6-3-8-16(14)20;;;/h1-10,16,20H,11-13H2;2*1H;/q;;;+2/p-2. The van der Waals surface area contributed by atoms with Crippen LogP contribution < -0.4 is 24.8 Å². The molecular weight excluding hydrogens is 414 g/mol. The monoisotopic (exact) mass is 430 g/mol. The van der Waals surface area contributed by atoms with Crippen molar-refractivity contribution in [2.75, 3.05) is 0 Å². The van der Waals surface area contributed by atoms with Crippen molar-refractivity contribution < 1.29 is 51.0 Å². The first kappa shape index (κ1) is 19.7. The second kappa shape index (κ2) is 7.73. The van der Waals surface area contributed by atoms with Gasteiger partial charge >= 0.3 is 26.2 Å². The summed E-state index contributed by atoms with van der Waals surface area (Å²) in [6, 6.07) is 15.8. The Kier molecular flexibility index (Phi) is 6.35. The average Bonchev–Trinajstić information content (AvgIpc) is 3.20. The van der Waals surface area contributed by atoms with Crippen LogP contribution in [0.15, 0.2) is 66.3 Å². The Morgan fingerprint density at radius 3 is 2.54 bits per heavy atom. The minimum absolute atomic E-state index is 0. The number of rotatable bonds is 1. The fraction of sp³-hybridized carbons (Fsp3) is 0.238. The first-order chi connectivity index (χ1) is 10.4. The summed E-state index contributed by atoms with van der Waals surface area (Å²) < 4.78 is 0. The second-order valence-electron chi connectivity index (χ2n) is 6.50. The van der Waals surface area contributed by atoms with E-state index in [1.807, 2.05) is 0 Å². The topological polar surface area (TPSA) is 0 Å². The normalized spacial score (nSPS) is 21.6. The second-order valence-corrected chi connectivity index (χ2v) is 6.50. The molecule has 3 heteroatoms. The third-order valence-electron chi connectivity index (χ3n) is 5.52. The first-order valence-electron chi connectivity index (χ1n) is 7.99. The summed E-state index contributed by atoms with van der Waals surface area (Å²) in [5, 5.41) is 0. The minimum atomic E-state index is 0. The summed E-state index contributed by atoms with van der Waals surface area (Å²) in [6.45, 7) is 0. The zero-order valence-electron chi connectivity index (χ0n) is 13.3. The Hall–Kier alpha value is -0.617. The molecule has 0 aromatic heterocycles. The Balaban J connectivity index is 0.000000694. The van der Waals surface area contributed by atoms with E-state index in [1.54, 1.807) is 16.7 Å². The van der Waals surface area contributed by atoms with Crippen molar-refractivity contribution >= 4 is 0 Å². The number of hydrogen-bond acceptors (Lipinski definition) is 0. The molecule has 5 rings (SSSR count). The van der Waals surface area contributed by atoms with E-state index in [0.717, 1.165) is 6.42 Å². The van der Waals surface area contributed by atoms with Crippen molar-refractivity contribution in [3.63, 3.8) is 0 Å². The van der Waals surface area contributed by atoms with Gasteiger partial charge in [-0.05, 0) is 53.0 Å². The molecule has 0 amide bonds. The zero-order valence-corrected chi connectivity index (χ0v) is 17.3. The van der Waals surface area contributed by atoms with Crippen molar-refractivity contribution in [1.29, 1.82) is 0 Å². The van der Waals surface area contributed by atoms with Crippen molar-refractivity contribution in [3.8, 4) is 11.1 Å². The Morgan fingerprint density at radius 2 is 1.67 bits per heavy atom. The third-order valence-corrected chi connectivity index (χ3v) is 5.52. The van der Waals surface area contributed by atoms with E-state index in [2.05, 4.69) is 60.7 Å². The molecule has 2 unspecified atom stereocenters. The zero-order chi connectivity index (χ0) is 13.8. The van der Waals surface area contributed by atoms with Crippen LogP contribution in [0.2, 0.25) is 0 Å². The van der Waals surface area contributed by atoms with Crippen molar-refractivity contribution in [1.82, 2.24) is 0 Å². The Bertz CT molecular complexity index is 807. The van der Waals surface area contributed by atoms with Gasteiger partial charge < -0.3 is 24.8 Å². The molecule has 3 aliphatic carbocycles. The van der Waals surface area contributed by atoms with Crippen LogP contribution in [-0.4, -0.2) is 0 Å². The van der Waals surface area contributed by atoms with Gasteiger partial charge in [-0.15, -0.1) is 0 Å². The molecule has 0 radical (unpaired) electrons. The van der Waals surface area contributed by atoms with Crippen LogP contribution in [0.25, 0.3) is 11.1 Å². The molecule has 2 aromatic carbocycles. The van der Waals surface area contributed by atoms with E-state index in [1.165, 1.54) is 29.5 Å².